The van der Waals surface area contributed by atoms with Crippen molar-refractivity contribution < 1.29 is 34.1 Å². The minimum Gasteiger partial charge on any atom is -0.479 e. The molecule has 1 saturated heterocycles. The number of aliphatic hydroxyl groups excluding tert-OH is 1. The summed E-state index contributed by atoms with van der Waals surface area (Å²) in [6.07, 6.45) is 0.443. The Kier molecular flexibility index (Phi) is 6.93. The van der Waals surface area contributed by atoms with Crippen molar-refractivity contribution in [2.75, 3.05) is 13.2 Å². The fourth-order valence-electron chi connectivity index (χ4n) is 3.08. The Morgan fingerprint density at radius 1 is 1.31 bits per heavy atom. The Labute approximate surface area is 174 Å². The zero-order valence-electron chi connectivity index (χ0n) is 15.3. The van der Waals surface area contributed by atoms with Crippen molar-refractivity contribution in [2.45, 2.75) is 36.7 Å². The SMILES string of the molecule is O=C(Cc1cccs1)NC1C(=O)N2C(C(=O)O)C(COC(=O)CCCO)=CS[C@H]12. The number of esters is 1. The van der Waals surface area contributed by atoms with Gasteiger partial charge in [0.1, 0.15) is 18.0 Å². The summed E-state index contributed by atoms with van der Waals surface area (Å²) in [5.74, 6) is -2.56. The lowest BCUT2D eigenvalue weighted by Crippen LogP contribution is -2.74. The van der Waals surface area contributed by atoms with Gasteiger partial charge in [-0.3, -0.25) is 14.4 Å². The van der Waals surface area contributed by atoms with E-state index in [2.05, 4.69) is 5.32 Å². The van der Waals surface area contributed by atoms with Crippen LogP contribution in [0.1, 0.15) is 17.7 Å². The summed E-state index contributed by atoms with van der Waals surface area (Å²) in [7, 11) is 0. The van der Waals surface area contributed by atoms with E-state index in [-0.39, 0.29) is 44.0 Å². The lowest BCUT2D eigenvalue weighted by Gasteiger charge is -2.51. The van der Waals surface area contributed by atoms with Crippen LogP contribution in [-0.2, 0) is 30.3 Å². The van der Waals surface area contributed by atoms with Gasteiger partial charge in [-0.1, -0.05) is 6.07 Å². The minimum atomic E-state index is -1.25. The molecule has 3 heterocycles. The van der Waals surface area contributed by atoms with Crippen LogP contribution in [0.2, 0.25) is 0 Å². The number of nitrogens with one attached hydrogen (secondary N) is 1. The summed E-state index contributed by atoms with van der Waals surface area (Å²) in [4.78, 5) is 50.2. The Bertz CT molecular complexity index is 824. The quantitative estimate of drug-likeness (QED) is 0.370. The molecule has 29 heavy (non-hydrogen) atoms. The summed E-state index contributed by atoms with van der Waals surface area (Å²) < 4.78 is 5.06. The van der Waals surface area contributed by atoms with E-state index in [1.807, 2.05) is 17.5 Å². The zero-order valence-corrected chi connectivity index (χ0v) is 16.9. The second kappa shape index (κ2) is 9.42. The molecule has 0 radical (unpaired) electrons. The van der Waals surface area contributed by atoms with Gasteiger partial charge in [-0.05, 0) is 23.3 Å². The van der Waals surface area contributed by atoms with Crippen molar-refractivity contribution in [3.05, 3.63) is 33.4 Å². The molecule has 3 atom stereocenters. The van der Waals surface area contributed by atoms with E-state index in [1.54, 1.807) is 5.41 Å². The predicted molar refractivity (Wildman–Crippen MR) is 105 cm³/mol. The second-order valence-electron chi connectivity index (χ2n) is 6.49. The number of fused-ring (bicyclic) bond motifs is 1. The number of rotatable bonds is 9. The van der Waals surface area contributed by atoms with Crippen LogP contribution in [0, 0.1) is 0 Å². The summed E-state index contributed by atoms with van der Waals surface area (Å²) in [6, 6.07) is 1.62. The Morgan fingerprint density at radius 2 is 2.10 bits per heavy atom. The number of carbonyl (C=O) groups is 4. The first-order valence-corrected chi connectivity index (χ1v) is 10.7. The monoisotopic (exact) mass is 440 g/mol. The largest absolute Gasteiger partial charge is 0.479 e. The molecular formula is C18H20N2O7S2. The highest BCUT2D eigenvalue weighted by Crippen LogP contribution is 2.40. The first-order valence-electron chi connectivity index (χ1n) is 8.90. The van der Waals surface area contributed by atoms with Gasteiger partial charge in [-0.25, -0.2) is 4.79 Å². The number of ether oxygens (including phenoxy) is 1. The number of hydrogen-bond donors (Lipinski definition) is 3. The zero-order chi connectivity index (χ0) is 21.0. The average Bonchev–Trinajstić information content (AvgIpc) is 3.20. The normalized spacial score (nSPS) is 22.9. The molecule has 0 aliphatic carbocycles. The van der Waals surface area contributed by atoms with Crippen molar-refractivity contribution >= 4 is 46.9 Å². The van der Waals surface area contributed by atoms with Gasteiger partial charge in [0.05, 0.1) is 6.42 Å². The smallest absolute Gasteiger partial charge is 0.330 e. The third-order valence-corrected chi connectivity index (χ3v) is 6.57. The third kappa shape index (κ3) is 4.80. The molecule has 1 aromatic heterocycles. The van der Waals surface area contributed by atoms with Crippen molar-refractivity contribution in [1.29, 1.82) is 0 Å². The molecule has 9 nitrogen and oxygen atoms in total. The van der Waals surface area contributed by atoms with Crippen LogP contribution in [0.15, 0.2) is 28.5 Å². The number of carbonyl (C=O) groups excluding carboxylic acids is 3. The molecule has 1 aromatic rings. The van der Waals surface area contributed by atoms with E-state index in [9.17, 15) is 24.3 Å². The Hall–Kier alpha value is -2.37. The maximum atomic E-state index is 12.5. The molecule has 0 saturated carbocycles. The van der Waals surface area contributed by atoms with E-state index >= 15 is 0 Å². The Morgan fingerprint density at radius 3 is 2.76 bits per heavy atom. The van der Waals surface area contributed by atoms with Gasteiger partial charge in [0.2, 0.25) is 11.8 Å². The highest BCUT2D eigenvalue weighted by atomic mass is 32.2. The third-order valence-electron chi connectivity index (χ3n) is 4.47. The Balaban J connectivity index is 1.62. The molecule has 2 unspecified atom stereocenters. The molecule has 3 N–H and O–H groups in total. The van der Waals surface area contributed by atoms with Gasteiger partial charge in [0.25, 0.3) is 0 Å². The number of thioether (sulfide) groups is 1. The highest BCUT2D eigenvalue weighted by Gasteiger charge is 2.55. The van der Waals surface area contributed by atoms with E-state index in [0.717, 1.165) is 4.88 Å². The van der Waals surface area contributed by atoms with Gasteiger partial charge < -0.3 is 25.2 Å². The van der Waals surface area contributed by atoms with Crippen LogP contribution in [0.5, 0.6) is 0 Å². The lowest BCUT2D eigenvalue weighted by atomic mass is 9.98. The highest BCUT2D eigenvalue weighted by molar-refractivity contribution is 8.02. The number of aliphatic carboxylic acids is 1. The van der Waals surface area contributed by atoms with Crippen molar-refractivity contribution in [3.8, 4) is 0 Å². The first-order chi connectivity index (χ1) is 13.9. The molecule has 0 aromatic carbocycles. The minimum absolute atomic E-state index is 0.0261. The molecule has 2 aliphatic rings. The van der Waals surface area contributed by atoms with Gasteiger partial charge >= 0.3 is 11.9 Å². The molecule has 2 amide bonds. The summed E-state index contributed by atoms with van der Waals surface area (Å²) in [5.41, 5.74) is 0.285. The fraction of sp³-hybridized carbons (Fsp3) is 0.444. The topological polar surface area (TPSA) is 133 Å². The lowest BCUT2D eigenvalue weighted by molar-refractivity contribution is -0.160. The number of thiophene rings is 1. The summed E-state index contributed by atoms with van der Waals surface area (Å²) >= 11 is 2.65. The van der Waals surface area contributed by atoms with Gasteiger partial charge in [0.15, 0.2) is 6.04 Å². The van der Waals surface area contributed by atoms with E-state index < -0.39 is 35.3 Å². The molecule has 3 rings (SSSR count). The number of β-lactam (4-membered cyclic amide) rings is 1. The van der Waals surface area contributed by atoms with Gasteiger partial charge in [0, 0.05) is 23.5 Å². The number of hydrogen-bond acceptors (Lipinski definition) is 8. The van der Waals surface area contributed by atoms with Crippen LogP contribution >= 0.6 is 23.1 Å². The maximum absolute atomic E-state index is 12.5. The van der Waals surface area contributed by atoms with E-state index in [0.29, 0.717) is 0 Å². The van der Waals surface area contributed by atoms with E-state index in [1.165, 1.54) is 28.0 Å². The number of aliphatic hydroxyl groups is 1. The molecule has 1 fully saturated rings. The average molecular weight is 440 g/mol. The van der Waals surface area contributed by atoms with Crippen LogP contribution in [-0.4, -0.2) is 69.5 Å². The van der Waals surface area contributed by atoms with E-state index in [4.69, 9.17) is 9.84 Å². The van der Waals surface area contributed by atoms with Gasteiger partial charge in [-0.15, -0.1) is 23.1 Å². The van der Waals surface area contributed by atoms with Crippen LogP contribution in [0.3, 0.4) is 0 Å². The first kappa shape index (κ1) is 21.3. The number of carboxylic acids is 1. The molecular weight excluding hydrogens is 420 g/mol. The molecule has 11 heteroatoms. The standard InChI is InChI=1S/C18H20N2O7S2/c21-5-1-4-13(23)27-8-10-9-29-17-14(16(24)20(17)15(10)18(25)26)19-12(22)7-11-3-2-6-28-11/h2-3,6,9,14-15,17,21H,1,4-5,7-8H2,(H,19,22)(H,25,26)/t14?,15?,17-/m1/s1. The summed E-state index contributed by atoms with van der Waals surface area (Å²) in [5, 5.41) is 23.9. The second-order valence-corrected chi connectivity index (χ2v) is 8.52. The number of amides is 2. The number of carboxylic acid groups (broad SMARTS) is 1. The van der Waals surface area contributed by atoms with Crippen molar-refractivity contribution in [1.82, 2.24) is 10.2 Å². The molecule has 0 spiro atoms. The maximum Gasteiger partial charge on any atom is 0.330 e. The predicted octanol–water partition coefficient (Wildman–Crippen LogP) is 0.343. The summed E-state index contributed by atoms with van der Waals surface area (Å²) in [6.45, 7) is -0.394. The van der Waals surface area contributed by atoms with Gasteiger partial charge in [-0.2, -0.15) is 0 Å². The number of nitrogens with zero attached hydrogens (tertiary/aromatic N) is 1. The fourth-order valence-corrected chi connectivity index (χ4v) is 5.00. The molecule has 0 bridgehead atoms. The molecule has 2 aliphatic heterocycles. The van der Waals surface area contributed by atoms with Crippen molar-refractivity contribution in [3.63, 3.8) is 0 Å². The van der Waals surface area contributed by atoms with Crippen LogP contribution < -0.4 is 5.32 Å². The van der Waals surface area contributed by atoms with Crippen molar-refractivity contribution in [2.24, 2.45) is 0 Å². The van der Waals surface area contributed by atoms with Crippen LogP contribution in [0.25, 0.3) is 0 Å². The molecule has 156 valence electrons. The van der Waals surface area contributed by atoms with Crippen LogP contribution in [0.4, 0.5) is 0 Å².